The van der Waals surface area contributed by atoms with Crippen LogP contribution in [0.3, 0.4) is 0 Å². The van der Waals surface area contributed by atoms with E-state index in [4.69, 9.17) is 5.73 Å². The van der Waals surface area contributed by atoms with Crippen LogP contribution in [-0.4, -0.2) is 19.0 Å². The van der Waals surface area contributed by atoms with E-state index in [1.165, 1.54) is 19.3 Å². The van der Waals surface area contributed by atoms with Crippen molar-refractivity contribution in [3.8, 4) is 0 Å². The summed E-state index contributed by atoms with van der Waals surface area (Å²) in [6.07, 6.45) is 6.62. The molecule has 0 radical (unpaired) electrons. The predicted octanol–water partition coefficient (Wildman–Crippen LogP) is 2.06. The second kappa shape index (κ2) is 6.24. The maximum Gasteiger partial charge on any atom is 0.220 e. The molecule has 1 amide bonds. The van der Waals surface area contributed by atoms with Crippen molar-refractivity contribution >= 4 is 5.91 Å². The van der Waals surface area contributed by atoms with Crippen molar-refractivity contribution in [3.63, 3.8) is 0 Å². The molecule has 1 aliphatic rings. The molecular formula is C13H26N2O. The van der Waals surface area contributed by atoms with Crippen LogP contribution >= 0.6 is 0 Å². The van der Waals surface area contributed by atoms with E-state index in [1.54, 1.807) is 0 Å². The summed E-state index contributed by atoms with van der Waals surface area (Å²) in [6, 6.07) is 0. The smallest absolute Gasteiger partial charge is 0.220 e. The van der Waals surface area contributed by atoms with E-state index in [9.17, 15) is 4.79 Å². The van der Waals surface area contributed by atoms with E-state index in [1.807, 2.05) is 0 Å². The summed E-state index contributed by atoms with van der Waals surface area (Å²) < 4.78 is 0. The van der Waals surface area contributed by atoms with Gasteiger partial charge in [0.1, 0.15) is 0 Å². The highest BCUT2D eigenvalue weighted by Crippen LogP contribution is 2.29. The van der Waals surface area contributed by atoms with Crippen molar-refractivity contribution in [2.45, 2.75) is 52.4 Å². The third-order valence-electron chi connectivity index (χ3n) is 3.52. The highest BCUT2D eigenvalue weighted by atomic mass is 16.1. The molecule has 0 aliphatic heterocycles. The predicted molar refractivity (Wildman–Crippen MR) is 67.0 cm³/mol. The molecule has 3 heteroatoms. The van der Waals surface area contributed by atoms with Gasteiger partial charge in [0.05, 0.1) is 0 Å². The van der Waals surface area contributed by atoms with Gasteiger partial charge in [-0.1, -0.05) is 20.3 Å². The fraction of sp³-hybridized carbons (Fsp3) is 0.923. The zero-order valence-corrected chi connectivity index (χ0v) is 10.7. The molecule has 0 atom stereocenters. The normalized spacial score (nSPS) is 16.9. The minimum absolute atomic E-state index is 0.175. The second-order valence-corrected chi connectivity index (χ2v) is 5.83. The highest BCUT2D eigenvalue weighted by Gasteiger charge is 2.22. The Morgan fingerprint density at radius 1 is 1.44 bits per heavy atom. The third kappa shape index (κ3) is 4.97. The lowest BCUT2D eigenvalue weighted by molar-refractivity contribution is -0.123. The molecule has 0 spiro atoms. The van der Waals surface area contributed by atoms with Gasteiger partial charge in [-0.2, -0.15) is 0 Å². The van der Waals surface area contributed by atoms with Crippen LogP contribution < -0.4 is 11.1 Å². The third-order valence-corrected chi connectivity index (χ3v) is 3.52. The first-order valence-corrected chi connectivity index (χ1v) is 6.50. The van der Waals surface area contributed by atoms with E-state index in [0.29, 0.717) is 5.92 Å². The van der Waals surface area contributed by atoms with Crippen molar-refractivity contribution in [1.29, 1.82) is 0 Å². The monoisotopic (exact) mass is 226 g/mol. The van der Waals surface area contributed by atoms with Crippen molar-refractivity contribution in [2.24, 2.45) is 17.1 Å². The number of carbonyl (C=O) groups excluding carboxylic acids is 1. The first kappa shape index (κ1) is 13.5. The summed E-state index contributed by atoms with van der Waals surface area (Å²) in [5.41, 5.74) is 5.67. The van der Waals surface area contributed by atoms with Crippen LogP contribution in [0.5, 0.6) is 0 Å². The average molecular weight is 226 g/mol. The summed E-state index contributed by atoms with van der Waals surface area (Å²) in [5, 5.41) is 3.05. The van der Waals surface area contributed by atoms with E-state index in [0.717, 1.165) is 32.4 Å². The van der Waals surface area contributed by atoms with Gasteiger partial charge in [-0.3, -0.25) is 4.79 Å². The molecule has 0 aromatic carbocycles. The topological polar surface area (TPSA) is 55.1 Å². The molecule has 3 N–H and O–H groups in total. The Morgan fingerprint density at radius 2 is 2.12 bits per heavy atom. The summed E-state index contributed by atoms with van der Waals surface area (Å²) in [7, 11) is 0. The molecule has 0 bridgehead atoms. The Bertz CT molecular complexity index is 222. The van der Waals surface area contributed by atoms with E-state index in [2.05, 4.69) is 19.2 Å². The molecule has 0 heterocycles. The summed E-state index contributed by atoms with van der Waals surface area (Å²) in [5.74, 6) is 0.887. The lowest BCUT2D eigenvalue weighted by Crippen LogP contribution is -2.35. The molecule has 1 saturated carbocycles. The maximum atomic E-state index is 11.6. The van der Waals surface area contributed by atoms with Crippen LogP contribution in [0.2, 0.25) is 0 Å². The molecule has 1 aliphatic carbocycles. The molecule has 16 heavy (non-hydrogen) atoms. The highest BCUT2D eigenvalue weighted by molar-refractivity contribution is 5.76. The zero-order chi connectivity index (χ0) is 12.0. The molecule has 0 aromatic heterocycles. The molecule has 1 fully saturated rings. The SMILES string of the molecule is CC(C)(CCCN)CNC(=O)CC1CCC1. The number of hydrogen-bond donors (Lipinski definition) is 2. The second-order valence-electron chi connectivity index (χ2n) is 5.83. The number of amides is 1. The quantitative estimate of drug-likeness (QED) is 0.698. The van der Waals surface area contributed by atoms with Gasteiger partial charge in [0, 0.05) is 13.0 Å². The van der Waals surface area contributed by atoms with Gasteiger partial charge in [0.2, 0.25) is 5.91 Å². The fourth-order valence-electron chi connectivity index (χ4n) is 2.04. The fourth-order valence-corrected chi connectivity index (χ4v) is 2.04. The number of rotatable bonds is 7. The number of hydrogen-bond acceptors (Lipinski definition) is 2. The molecule has 94 valence electrons. The van der Waals surface area contributed by atoms with Gasteiger partial charge in [-0.05, 0) is 43.6 Å². The number of carbonyl (C=O) groups is 1. The van der Waals surface area contributed by atoms with Crippen LogP contribution in [-0.2, 0) is 4.79 Å². The van der Waals surface area contributed by atoms with E-state index >= 15 is 0 Å². The van der Waals surface area contributed by atoms with Crippen LogP contribution in [0, 0.1) is 11.3 Å². The van der Waals surface area contributed by atoms with Gasteiger partial charge in [0.15, 0.2) is 0 Å². The summed E-state index contributed by atoms with van der Waals surface area (Å²) in [4.78, 5) is 11.6. The molecule has 0 unspecified atom stereocenters. The van der Waals surface area contributed by atoms with Crippen molar-refractivity contribution in [1.82, 2.24) is 5.32 Å². The van der Waals surface area contributed by atoms with Crippen molar-refractivity contribution in [3.05, 3.63) is 0 Å². The number of nitrogens with one attached hydrogen (secondary N) is 1. The Balaban J connectivity index is 2.13. The number of nitrogens with two attached hydrogens (primary N) is 1. The minimum atomic E-state index is 0.175. The van der Waals surface area contributed by atoms with Crippen LogP contribution in [0.15, 0.2) is 0 Å². The standard InChI is InChI=1S/C13H26N2O/c1-13(2,7-4-8-14)10-15-12(16)9-11-5-3-6-11/h11H,3-10,14H2,1-2H3,(H,15,16). The van der Waals surface area contributed by atoms with Gasteiger partial charge in [0.25, 0.3) is 0 Å². The first-order valence-electron chi connectivity index (χ1n) is 6.50. The Kier molecular flexibility index (Phi) is 5.26. The maximum absolute atomic E-state index is 11.6. The van der Waals surface area contributed by atoms with Crippen LogP contribution in [0.4, 0.5) is 0 Å². The molecular weight excluding hydrogens is 200 g/mol. The van der Waals surface area contributed by atoms with Crippen LogP contribution in [0.1, 0.15) is 52.4 Å². The van der Waals surface area contributed by atoms with Crippen molar-refractivity contribution in [2.75, 3.05) is 13.1 Å². The molecule has 3 nitrogen and oxygen atoms in total. The molecule has 0 aromatic rings. The van der Waals surface area contributed by atoms with Crippen molar-refractivity contribution < 1.29 is 4.79 Å². The Hall–Kier alpha value is -0.570. The molecule has 1 rings (SSSR count). The summed E-state index contributed by atoms with van der Waals surface area (Å²) >= 11 is 0. The first-order chi connectivity index (χ1) is 7.53. The summed E-state index contributed by atoms with van der Waals surface area (Å²) in [6.45, 7) is 5.89. The van der Waals surface area contributed by atoms with Gasteiger partial charge < -0.3 is 11.1 Å². The van der Waals surface area contributed by atoms with E-state index in [-0.39, 0.29) is 11.3 Å². The van der Waals surface area contributed by atoms with Gasteiger partial charge in [-0.25, -0.2) is 0 Å². The van der Waals surface area contributed by atoms with E-state index < -0.39 is 0 Å². The lowest BCUT2D eigenvalue weighted by Gasteiger charge is -2.27. The average Bonchev–Trinajstić information content (AvgIpc) is 2.18. The minimum Gasteiger partial charge on any atom is -0.356 e. The Labute approximate surface area is 99.2 Å². The zero-order valence-electron chi connectivity index (χ0n) is 10.7. The largest absolute Gasteiger partial charge is 0.356 e. The Morgan fingerprint density at radius 3 is 2.62 bits per heavy atom. The molecule has 0 saturated heterocycles. The van der Waals surface area contributed by atoms with Crippen LogP contribution in [0.25, 0.3) is 0 Å². The lowest BCUT2D eigenvalue weighted by atomic mass is 9.82. The van der Waals surface area contributed by atoms with Gasteiger partial charge >= 0.3 is 0 Å². The van der Waals surface area contributed by atoms with Gasteiger partial charge in [-0.15, -0.1) is 0 Å².